The Labute approximate surface area is 175 Å². The van der Waals surface area contributed by atoms with E-state index in [4.69, 9.17) is 15.2 Å². The van der Waals surface area contributed by atoms with E-state index in [1.807, 2.05) is 11.8 Å². The molecule has 8 nitrogen and oxygen atoms in total. The molecule has 1 aliphatic rings. The Kier molecular flexibility index (Phi) is 7.11. The number of nitrogen functional groups attached to an aromatic ring is 1. The van der Waals surface area contributed by atoms with E-state index in [0.29, 0.717) is 23.7 Å². The first kappa shape index (κ1) is 21.4. The monoisotopic (exact) mass is 412 g/mol. The van der Waals surface area contributed by atoms with E-state index in [1.165, 1.54) is 18.7 Å². The number of amides is 1. The number of carbonyl (C=O) groups excluding carboxylic acids is 1. The summed E-state index contributed by atoms with van der Waals surface area (Å²) in [6, 6.07) is 8.42. The second kappa shape index (κ2) is 9.96. The summed E-state index contributed by atoms with van der Waals surface area (Å²) in [6.45, 7) is 5.67. The number of rotatable bonds is 7. The van der Waals surface area contributed by atoms with Crippen LogP contribution in [0.4, 0.5) is 5.82 Å². The third kappa shape index (κ3) is 5.40. The fourth-order valence-corrected chi connectivity index (χ4v) is 3.33. The number of aryl methyl sites for hydroxylation is 1. The minimum absolute atomic E-state index is 0.0167. The van der Waals surface area contributed by atoms with Crippen molar-refractivity contribution in [2.45, 2.75) is 33.1 Å². The van der Waals surface area contributed by atoms with Gasteiger partial charge in [-0.3, -0.25) is 9.59 Å². The molecule has 1 aromatic heterocycles. The Bertz CT molecular complexity index is 978. The van der Waals surface area contributed by atoms with E-state index in [0.717, 1.165) is 36.2 Å². The Hall–Kier alpha value is -3.29. The predicted octanol–water partition coefficient (Wildman–Crippen LogP) is 2.41. The van der Waals surface area contributed by atoms with Crippen LogP contribution < -0.4 is 20.8 Å². The minimum Gasteiger partial charge on any atom is -0.490 e. The molecule has 30 heavy (non-hydrogen) atoms. The highest BCUT2D eigenvalue weighted by molar-refractivity contribution is 5.81. The Morgan fingerprint density at radius 3 is 2.60 bits per heavy atom. The van der Waals surface area contributed by atoms with Crippen molar-refractivity contribution in [1.29, 1.82) is 0 Å². The zero-order valence-electron chi connectivity index (χ0n) is 17.5. The molecule has 0 atom stereocenters. The minimum atomic E-state index is -0.301. The number of hydrogen-bond acceptors (Lipinski definition) is 6. The Balaban J connectivity index is 1.73. The van der Waals surface area contributed by atoms with Gasteiger partial charge >= 0.3 is 0 Å². The number of likely N-dealkylation sites (tertiary alicyclic amines) is 1. The zero-order chi connectivity index (χ0) is 21.5. The quantitative estimate of drug-likeness (QED) is 0.704. The topological polar surface area (TPSA) is 99.1 Å². The molecule has 0 aliphatic carbocycles. The number of carbonyl (C=O) groups is 1. The van der Waals surface area contributed by atoms with Gasteiger partial charge in [-0.1, -0.05) is 0 Å². The van der Waals surface area contributed by atoms with Gasteiger partial charge in [-0.25, -0.2) is 0 Å². The van der Waals surface area contributed by atoms with Gasteiger partial charge in [-0.2, -0.15) is 9.78 Å². The van der Waals surface area contributed by atoms with Crippen LogP contribution >= 0.6 is 0 Å². The summed E-state index contributed by atoms with van der Waals surface area (Å²) in [7, 11) is 0. The second-order valence-electron chi connectivity index (χ2n) is 7.22. The number of benzene rings is 1. The highest BCUT2D eigenvalue weighted by Gasteiger charge is 2.17. The van der Waals surface area contributed by atoms with Crippen LogP contribution in [0.5, 0.6) is 11.5 Å². The van der Waals surface area contributed by atoms with Crippen LogP contribution in [0.25, 0.3) is 0 Å². The summed E-state index contributed by atoms with van der Waals surface area (Å²) in [5.74, 6) is 1.25. The molecule has 0 spiro atoms. The molecule has 160 valence electrons. The molecular formula is C22H28N4O4. The molecule has 0 radical (unpaired) electrons. The van der Waals surface area contributed by atoms with E-state index >= 15 is 0 Å². The highest BCUT2D eigenvalue weighted by atomic mass is 16.5. The van der Waals surface area contributed by atoms with Gasteiger partial charge in [0.1, 0.15) is 5.82 Å². The molecule has 2 N–H and O–H groups in total. The zero-order valence-corrected chi connectivity index (χ0v) is 17.5. The molecule has 0 bridgehead atoms. The third-order valence-corrected chi connectivity index (χ3v) is 4.83. The van der Waals surface area contributed by atoms with Crippen molar-refractivity contribution in [1.82, 2.24) is 9.58 Å². The van der Waals surface area contributed by atoms with E-state index < -0.39 is 0 Å². The van der Waals surface area contributed by atoms with E-state index in [-0.39, 0.29) is 23.9 Å². The van der Waals surface area contributed by atoms with E-state index in [1.54, 1.807) is 31.2 Å². The van der Waals surface area contributed by atoms with E-state index in [9.17, 15) is 9.59 Å². The molecule has 1 fully saturated rings. The lowest BCUT2D eigenvalue weighted by atomic mass is 10.1. The maximum atomic E-state index is 12.3. The van der Waals surface area contributed by atoms with Crippen molar-refractivity contribution in [3.05, 3.63) is 51.8 Å². The SMILES string of the molecule is CCOc1cc(C=Nn2c(N)cc(C)cc2=O)ccc1OCC(=O)N1CCCCC1. The summed E-state index contributed by atoms with van der Waals surface area (Å²) in [6.07, 6.45) is 4.78. The van der Waals surface area contributed by atoms with Crippen LogP contribution in [0.15, 0.2) is 40.2 Å². The Morgan fingerprint density at radius 1 is 1.13 bits per heavy atom. The fraction of sp³-hybridized carbons (Fsp3) is 0.409. The molecule has 0 unspecified atom stereocenters. The van der Waals surface area contributed by atoms with Gasteiger partial charge < -0.3 is 20.1 Å². The van der Waals surface area contributed by atoms with Crippen molar-refractivity contribution in [3.63, 3.8) is 0 Å². The first-order valence-corrected chi connectivity index (χ1v) is 10.2. The molecular weight excluding hydrogens is 384 g/mol. The molecule has 8 heteroatoms. The number of piperidine rings is 1. The molecule has 1 aromatic carbocycles. The van der Waals surface area contributed by atoms with Crippen molar-refractivity contribution in [2.75, 3.05) is 32.0 Å². The van der Waals surface area contributed by atoms with Gasteiger partial charge in [-0.15, -0.1) is 0 Å². The van der Waals surface area contributed by atoms with Crippen LogP contribution in [0, 0.1) is 6.92 Å². The summed E-state index contributed by atoms with van der Waals surface area (Å²) >= 11 is 0. The number of hydrogen-bond donors (Lipinski definition) is 1. The average molecular weight is 412 g/mol. The van der Waals surface area contributed by atoms with Crippen LogP contribution in [0.1, 0.15) is 37.3 Å². The lowest BCUT2D eigenvalue weighted by Gasteiger charge is -2.26. The molecule has 1 aliphatic heterocycles. The number of nitrogens with two attached hydrogens (primary N) is 1. The maximum absolute atomic E-state index is 12.3. The van der Waals surface area contributed by atoms with Gasteiger partial charge in [-0.05, 0) is 68.5 Å². The molecule has 2 aromatic rings. The normalized spacial score (nSPS) is 14.1. The van der Waals surface area contributed by atoms with E-state index in [2.05, 4.69) is 5.10 Å². The van der Waals surface area contributed by atoms with Crippen molar-refractivity contribution < 1.29 is 14.3 Å². The lowest BCUT2D eigenvalue weighted by molar-refractivity contribution is -0.134. The molecule has 0 saturated carbocycles. The van der Waals surface area contributed by atoms with Crippen molar-refractivity contribution in [3.8, 4) is 11.5 Å². The van der Waals surface area contributed by atoms with Gasteiger partial charge in [0.15, 0.2) is 18.1 Å². The number of anilines is 1. The van der Waals surface area contributed by atoms with Gasteiger partial charge in [0, 0.05) is 19.2 Å². The first-order valence-electron chi connectivity index (χ1n) is 10.2. The fourth-order valence-electron chi connectivity index (χ4n) is 3.33. The predicted molar refractivity (Wildman–Crippen MR) is 116 cm³/mol. The molecule has 1 saturated heterocycles. The summed E-state index contributed by atoms with van der Waals surface area (Å²) < 4.78 is 12.5. The maximum Gasteiger partial charge on any atom is 0.273 e. The van der Waals surface area contributed by atoms with Gasteiger partial charge in [0.05, 0.1) is 12.8 Å². The molecule has 1 amide bonds. The first-order chi connectivity index (χ1) is 14.5. The smallest absolute Gasteiger partial charge is 0.273 e. The average Bonchev–Trinajstić information content (AvgIpc) is 2.73. The van der Waals surface area contributed by atoms with Gasteiger partial charge in [0.25, 0.3) is 11.5 Å². The van der Waals surface area contributed by atoms with Gasteiger partial charge in [0.2, 0.25) is 0 Å². The van der Waals surface area contributed by atoms with Crippen LogP contribution in [-0.2, 0) is 4.79 Å². The van der Waals surface area contributed by atoms with Crippen LogP contribution in [-0.4, -0.2) is 48.0 Å². The highest BCUT2D eigenvalue weighted by Crippen LogP contribution is 2.28. The van der Waals surface area contributed by atoms with Crippen LogP contribution in [0.3, 0.4) is 0 Å². The molecule has 2 heterocycles. The largest absolute Gasteiger partial charge is 0.490 e. The number of nitrogens with zero attached hydrogens (tertiary/aromatic N) is 3. The van der Waals surface area contributed by atoms with Crippen molar-refractivity contribution in [2.24, 2.45) is 5.10 Å². The summed E-state index contributed by atoms with van der Waals surface area (Å²) in [5.41, 5.74) is 7.07. The standard InChI is InChI=1S/C22H28N4O4/c1-3-29-19-13-17(14-24-26-20(23)11-16(2)12-21(26)27)7-8-18(19)30-15-22(28)25-9-5-4-6-10-25/h7-8,11-14H,3-6,9-10,15,23H2,1-2H3. The third-order valence-electron chi connectivity index (χ3n) is 4.83. The lowest BCUT2D eigenvalue weighted by Crippen LogP contribution is -2.38. The second-order valence-corrected chi connectivity index (χ2v) is 7.22. The molecule has 3 rings (SSSR count). The number of pyridine rings is 1. The van der Waals surface area contributed by atoms with Crippen molar-refractivity contribution >= 4 is 17.9 Å². The Morgan fingerprint density at radius 2 is 1.90 bits per heavy atom. The number of aromatic nitrogens is 1. The van der Waals surface area contributed by atoms with Crippen LogP contribution in [0.2, 0.25) is 0 Å². The summed E-state index contributed by atoms with van der Waals surface area (Å²) in [4.78, 5) is 26.3. The number of ether oxygens (including phenoxy) is 2. The summed E-state index contributed by atoms with van der Waals surface area (Å²) in [5, 5.41) is 4.18.